The summed E-state index contributed by atoms with van der Waals surface area (Å²) in [5, 5.41) is 0.453. The van der Waals surface area contributed by atoms with Crippen molar-refractivity contribution in [2.45, 2.75) is 24.8 Å². The van der Waals surface area contributed by atoms with Gasteiger partial charge in [-0.3, -0.25) is 14.6 Å². The number of rotatable bonds is 9. The van der Waals surface area contributed by atoms with Crippen LogP contribution in [0.25, 0.3) is 10.9 Å². The minimum Gasteiger partial charge on any atom is -0.495 e. The molecular weight excluding hydrogens is 609 g/mol. The number of benzene rings is 2. The average molecular weight is 639 g/mol. The molecule has 0 aliphatic carbocycles. The Balaban J connectivity index is 1.78. The second-order valence-electron chi connectivity index (χ2n) is 9.69. The number of carbonyl (C=O) groups excluding carboxylic acids is 3. The van der Waals surface area contributed by atoms with Crippen LogP contribution in [0.1, 0.15) is 34.5 Å². The Morgan fingerprint density at radius 2 is 1.68 bits per heavy atom. The van der Waals surface area contributed by atoms with Crippen molar-refractivity contribution < 1.29 is 49.6 Å². The van der Waals surface area contributed by atoms with Gasteiger partial charge in [-0.1, -0.05) is 24.3 Å². The third-order valence-electron chi connectivity index (χ3n) is 6.90. The number of carbonyl (C=O) groups is 3. The molecule has 1 saturated heterocycles. The molecule has 1 aliphatic rings. The molecule has 1 atom stereocenters. The van der Waals surface area contributed by atoms with Gasteiger partial charge in [0.25, 0.3) is 5.91 Å². The van der Waals surface area contributed by atoms with Crippen LogP contribution in [-0.4, -0.2) is 86.5 Å². The monoisotopic (exact) mass is 638 g/mol. The molecule has 12 nitrogen and oxygen atoms in total. The number of nitrogens with two attached hydrogens (primary N) is 1. The highest BCUT2D eigenvalue weighted by Crippen LogP contribution is 2.36. The maximum Gasteiger partial charge on any atom is 0.534 e. The van der Waals surface area contributed by atoms with Gasteiger partial charge in [0.15, 0.2) is 0 Å². The first-order chi connectivity index (χ1) is 20.8. The SMILES string of the molecule is CCOC(=O)N1CCN(C(=O)C(Cc2cccc(OS(=O)(=O)C(F)(F)F)c2)c2nc3ccccc3c(OC)c2C(N)=O)CC1. The lowest BCUT2D eigenvalue weighted by Gasteiger charge is -2.36. The normalized spacial score (nSPS) is 14.7. The van der Waals surface area contributed by atoms with Crippen molar-refractivity contribution in [1.82, 2.24) is 14.8 Å². The standard InChI is InChI=1S/C28H29F3N4O8S/c1-3-42-27(38)35-13-11-34(12-14-35)26(37)20(16-17-7-6-8-18(15-17)43-44(39,40)28(29,30)31)23-22(25(32)36)24(41-2)19-9-4-5-10-21(19)33-23/h4-10,15,20H,3,11-14,16H2,1-2H3,(H2,32,36). The number of para-hydroxylation sites is 1. The van der Waals surface area contributed by atoms with Crippen LogP contribution in [0.15, 0.2) is 48.5 Å². The lowest BCUT2D eigenvalue weighted by atomic mass is 9.89. The van der Waals surface area contributed by atoms with Gasteiger partial charge in [-0.2, -0.15) is 21.6 Å². The predicted octanol–water partition coefficient (Wildman–Crippen LogP) is 3.20. The Labute approximate surface area is 250 Å². The fraction of sp³-hybridized carbons (Fsp3) is 0.357. The number of primary amides is 1. The molecule has 1 unspecified atom stereocenters. The van der Waals surface area contributed by atoms with E-state index in [0.29, 0.717) is 10.9 Å². The lowest BCUT2D eigenvalue weighted by Crippen LogP contribution is -2.52. The van der Waals surface area contributed by atoms with E-state index in [2.05, 4.69) is 9.17 Å². The third-order valence-corrected chi connectivity index (χ3v) is 7.88. The minimum absolute atomic E-state index is 0.0416. The van der Waals surface area contributed by atoms with Gasteiger partial charge in [-0.25, -0.2) is 4.79 Å². The van der Waals surface area contributed by atoms with E-state index in [-0.39, 0.29) is 61.8 Å². The van der Waals surface area contributed by atoms with Gasteiger partial charge >= 0.3 is 21.7 Å². The van der Waals surface area contributed by atoms with Gasteiger partial charge in [-0.05, 0) is 43.2 Å². The zero-order valence-corrected chi connectivity index (χ0v) is 24.5. The van der Waals surface area contributed by atoms with Crippen LogP contribution in [0, 0.1) is 0 Å². The predicted molar refractivity (Wildman–Crippen MR) is 150 cm³/mol. The zero-order chi connectivity index (χ0) is 32.2. The quantitative estimate of drug-likeness (QED) is 0.274. The summed E-state index contributed by atoms with van der Waals surface area (Å²) in [5.74, 6) is -3.24. The maximum atomic E-state index is 14.1. The number of pyridine rings is 1. The third kappa shape index (κ3) is 6.79. The fourth-order valence-electron chi connectivity index (χ4n) is 4.88. The van der Waals surface area contributed by atoms with Gasteiger partial charge in [0.1, 0.15) is 17.1 Å². The number of nitrogens with zero attached hydrogens (tertiary/aromatic N) is 3. The number of ether oxygens (including phenoxy) is 2. The number of halogens is 3. The molecule has 0 bridgehead atoms. The first-order valence-corrected chi connectivity index (χ1v) is 14.7. The van der Waals surface area contributed by atoms with Crippen LogP contribution < -0.4 is 14.7 Å². The van der Waals surface area contributed by atoms with E-state index in [0.717, 1.165) is 12.1 Å². The number of aromatic nitrogens is 1. The topological polar surface area (TPSA) is 158 Å². The van der Waals surface area contributed by atoms with E-state index >= 15 is 0 Å². The number of piperazine rings is 1. The van der Waals surface area contributed by atoms with E-state index in [1.807, 2.05) is 0 Å². The van der Waals surface area contributed by atoms with Gasteiger partial charge in [0.2, 0.25) is 5.91 Å². The average Bonchev–Trinajstić information content (AvgIpc) is 2.98. The van der Waals surface area contributed by atoms with Crippen LogP contribution in [0.4, 0.5) is 18.0 Å². The van der Waals surface area contributed by atoms with E-state index in [1.165, 1.54) is 29.0 Å². The Bertz CT molecular complexity index is 1680. The summed E-state index contributed by atoms with van der Waals surface area (Å²) in [6.07, 6.45) is -0.770. The molecular formula is C28H29F3N4O8S. The summed E-state index contributed by atoms with van der Waals surface area (Å²) in [6.45, 7) is 2.39. The molecule has 16 heteroatoms. The summed E-state index contributed by atoms with van der Waals surface area (Å²) in [6, 6.07) is 11.5. The first-order valence-electron chi connectivity index (χ1n) is 13.3. The van der Waals surface area contributed by atoms with Crippen molar-refractivity contribution in [3.8, 4) is 11.5 Å². The number of hydrogen-bond acceptors (Lipinski definition) is 9. The molecule has 0 saturated carbocycles. The first kappa shape index (κ1) is 32.3. The molecule has 4 rings (SSSR count). The Hall–Kier alpha value is -4.60. The molecule has 3 amide bonds. The van der Waals surface area contributed by atoms with Crippen LogP contribution in [0.5, 0.6) is 11.5 Å². The summed E-state index contributed by atoms with van der Waals surface area (Å²) in [7, 11) is -4.63. The van der Waals surface area contributed by atoms with Crippen LogP contribution in [0.2, 0.25) is 0 Å². The molecule has 0 spiro atoms. The molecule has 1 fully saturated rings. The molecule has 0 radical (unpaired) electrons. The van der Waals surface area contributed by atoms with Crippen LogP contribution in [-0.2, 0) is 26.1 Å². The van der Waals surface area contributed by atoms with Gasteiger partial charge < -0.3 is 29.2 Å². The van der Waals surface area contributed by atoms with Crippen molar-refractivity contribution in [2.75, 3.05) is 39.9 Å². The van der Waals surface area contributed by atoms with Gasteiger partial charge in [0.05, 0.1) is 30.8 Å². The van der Waals surface area contributed by atoms with Crippen molar-refractivity contribution >= 4 is 38.9 Å². The summed E-state index contributed by atoms with van der Waals surface area (Å²) >= 11 is 0. The Kier molecular flexibility index (Phi) is 9.51. The fourth-order valence-corrected chi connectivity index (χ4v) is 5.33. The van der Waals surface area contributed by atoms with Gasteiger partial charge in [-0.15, -0.1) is 0 Å². The van der Waals surface area contributed by atoms with Crippen molar-refractivity contribution in [2.24, 2.45) is 5.73 Å². The van der Waals surface area contributed by atoms with Crippen molar-refractivity contribution in [3.05, 3.63) is 65.4 Å². The molecule has 2 aromatic carbocycles. The molecule has 236 valence electrons. The van der Waals surface area contributed by atoms with Crippen LogP contribution >= 0.6 is 0 Å². The molecule has 44 heavy (non-hydrogen) atoms. The van der Waals surface area contributed by atoms with Crippen molar-refractivity contribution in [1.29, 1.82) is 0 Å². The van der Waals surface area contributed by atoms with E-state index < -0.39 is 45.2 Å². The highest BCUT2D eigenvalue weighted by Gasteiger charge is 2.48. The molecule has 1 aromatic heterocycles. The summed E-state index contributed by atoms with van der Waals surface area (Å²) in [4.78, 5) is 46.6. The summed E-state index contributed by atoms with van der Waals surface area (Å²) in [5.41, 5.74) is 0.486. The number of fused-ring (bicyclic) bond motifs is 1. The summed E-state index contributed by atoms with van der Waals surface area (Å²) < 4.78 is 76.9. The number of methoxy groups -OCH3 is 1. The molecule has 2 heterocycles. The van der Waals surface area contributed by atoms with E-state index in [1.54, 1.807) is 31.2 Å². The van der Waals surface area contributed by atoms with E-state index in [4.69, 9.17) is 15.2 Å². The van der Waals surface area contributed by atoms with Crippen molar-refractivity contribution in [3.63, 3.8) is 0 Å². The molecule has 2 N–H and O–H groups in total. The highest BCUT2D eigenvalue weighted by atomic mass is 32.2. The maximum absolute atomic E-state index is 14.1. The number of amides is 3. The largest absolute Gasteiger partial charge is 0.534 e. The lowest BCUT2D eigenvalue weighted by molar-refractivity contribution is -0.134. The zero-order valence-electron chi connectivity index (χ0n) is 23.7. The Morgan fingerprint density at radius 3 is 2.30 bits per heavy atom. The molecule has 1 aliphatic heterocycles. The Morgan fingerprint density at radius 1 is 1.02 bits per heavy atom. The van der Waals surface area contributed by atoms with E-state index in [9.17, 15) is 36.0 Å². The number of alkyl halides is 3. The van der Waals surface area contributed by atoms with Gasteiger partial charge in [0, 0.05) is 31.6 Å². The number of hydrogen-bond donors (Lipinski definition) is 1. The highest BCUT2D eigenvalue weighted by molar-refractivity contribution is 7.88. The molecule has 3 aromatic rings. The van der Waals surface area contributed by atoms with Crippen LogP contribution in [0.3, 0.4) is 0 Å². The minimum atomic E-state index is -5.96. The smallest absolute Gasteiger partial charge is 0.495 e. The second kappa shape index (κ2) is 13.0. The second-order valence-corrected chi connectivity index (χ2v) is 11.2.